The molecule has 1 aromatic heterocycles. The van der Waals surface area contributed by atoms with Crippen molar-refractivity contribution in [1.82, 2.24) is 19.7 Å². The van der Waals surface area contributed by atoms with Gasteiger partial charge < -0.3 is 9.30 Å². The Morgan fingerprint density at radius 3 is 2.54 bits per heavy atom. The number of nitrogens with zero attached hydrogens (tertiary/aromatic N) is 4. The van der Waals surface area contributed by atoms with E-state index >= 15 is 0 Å². The van der Waals surface area contributed by atoms with E-state index in [-0.39, 0.29) is 19.1 Å². The Bertz CT molecular complexity index is 608. The van der Waals surface area contributed by atoms with Crippen molar-refractivity contribution in [2.45, 2.75) is 51.4 Å². The minimum Gasteiger partial charge on any atom is -0.469 e. The number of ether oxygens (including phenoxy) is 1. The molecule has 0 radical (unpaired) electrons. The Hall–Kier alpha value is -1.64. The summed E-state index contributed by atoms with van der Waals surface area (Å²) in [6, 6.07) is 0. The van der Waals surface area contributed by atoms with Crippen molar-refractivity contribution in [3.8, 4) is 0 Å². The van der Waals surface area contributed by atoms with E-state index < -0.39 is 17.4 Å². The van der Waals surface area contributed by atoms with Gasteiger partial charge in [0.1, 0.15) is 5.82 Å². The van der Waals surface area contributed by atoms with Crippen molar-refractivity contribution in [2.24, 2.45) is 5.41 Å². The molecule has 0 spiro atoms. The molecule has 0 aromatic carbocycles. The van der Waals surface area contributed by atoms with Crippen molar-refractivity contribution >= 4 is 5.97 Å². The van der Waals surface area contributed by atoms with Crippen LogP contribution in [0.1, 0.15) is 43.8 Å². The predicted molar refractivity (Wildman–Crippen MR) is 77.8 cm³/mol. The summed E-state index contributed by atoms with van der Waals surface area (Å²) in [5.41, 5.74) is -0.554. The highest BCUT2D eigenvalue weighted by atomic mass is 19.4. The molecule has 1 aliphatic carbocycles. The van der Waals surface area contributed by atoms with E-state index in [9.17, 15) is 18.0 Å². The minimum absolute atomic E-state index is 0.175. The molecule has 134 valence electrons. The van der Waals surface area contributed by atoms with E-state index in [0.717, 1.165) is 36.7 Å². The van der Waals surface area contributed by atoms with Gasteiger partial charge >= 0.3 is 12.1 Å². The highest BCUT2D eigenvalue weighted by Crippen LogP contribution is 2.39. The molecule has 2 aliphatic rings. The lowest BCUT2D eigenvalue weighted by atomic mass is 9.73. The molecule has 6 nitrogen and oxygen atoms in total. The van der Waals surface area contributed by atoms with Crippen LogP contribution in [0.5, 0.6) is 0 Å². The predicted octanol–water partition coefficient (Wildman–Crippen LogP) is 2.24. The maximum Gasteiger partial charge on any atom is 0.451 e. The molecule has 3 rings (SSSR count). The van der Waals surface area contributed by atoms with E-state index in [2.05, 4.69) is 10.2 Å². The number of esters is 1. The average molecular weight is 346 g/mol. The molecular formula is C15H21F3N4O2. The van der Waals surface area contributed by atoms with Gasteiger partial charge in [-0.1, -0.05) is 19.3 Å². The quantitative estimate of drug-likeness (QED) is 0.786. The maximum atomic E-state index is 12.9. The number of methoxy groups -OCH3 is 1. The molecule has 24 heavy (non-hydrogen) atoms. The number of aromatic nitrogens is 3. The first-order valence-corrected chi connectivity index (χ1v) is 8.16. The summed E-state index contributed by atoms with van der Waals surface area (Å²) in [5, 5.41) is 6.98. The third kappa shape index (κ3) is 3.13. The van der Waals surface area contributed by atoms with Gasteiger partial charge in [0.15, 0.2) is 0 Å². The summed E-state index contributed by atoms with van der Waals surface area (Å²) in [6.07, 6.45) is 0.0636. The highest BCUT2D eigenvalue weighted by molar-refractivity contribution is 5.77. The molecule has 1 saturated carbocycles. The van der Waals surface area contributed by atoms with Gasteiger partial charge in [0.25, 0.3) is 0 Å². The fourth-order valence-electron chi connectivity index (χ4n) is 3.85. The van der Waals surface area contributed by atoms with E-state index in [1.54, 1.807) is 0 Å². The van der Waals surface area contributed by atoms with E-state index in [1.165, 1.54) is 7.11 Å². The first kappa shape index (κ1) is 17.2. The number of fused-ring (bicyclic) bond motifs is 1. The molecule has 9 heteroatoms. The number of halogens is 3. The molecule has 1 fully saturated rings. The number of rotatable bonds is 3. The standard InChI is InChI=1S/C15H21F3N4O2/c1-24-13(23)14(5-3-2-4-6-14)10-21-7-8-22-11(9-21)19-20-12(22)15(16,17)18/h2-10H2,1H3. The molecular weight excluding hydrogens is 325 g/mol. The third-order valence-corrected chi connectivity index (χ3v) is 5.04. The molecule has 0 N–H and O–H groups in total. The summed E-state index contributed by atoms with van der Waals surface area (Å²) < 4.78 is 44.8. The summed E-state index contributed by atoms with van der Waals surface area (Å²) in [6.45, 7) is 1.37. The van der Waals surface area contributed by atoms with Crippen LogP contribution in [-0.2, 0) is 28.8 Å². The summed E-state index contributed by atoms with van der Waals surface area (Å²) in [5.74, 6) is -0.868. The van der Waals surface area contributed by atoms with Crippen LogP contribution >= 0.6 is 0 Å². The van der Waals surface area contributed by atoms with Crippen LogP contribution in [0.3, 0.4) is 0 Å². The fraction of sp³-hybridized carbons (Fsp3) is 0.800. The smallest absolute Gasteiger partial charge is 0.451 e. The van der Waals surface area contributed by atoms with Crippen LogP contribution in [0.4, 0.5) is 13.2 Å². The normalized spacial score (nSPS) is 21.3. The number of carbonyl (C=O) groups is 1. The van der Waals surface area contributed by atoms with Crippen molar-refractivity contribution < 1.29 is 22.7 Å². The monoisotopic (exact) mass is 346 g/mol. The van der Waals surface area contributed by atoms with Gasteiger partial charge in [-0.05, 0) is 12.8 Å². The third-order valence-electron chi connectivity index (χ3n) is 5.04. The van der Waals surface area contributed by atoms with Gasteiger partial charge in [0.05, 0.1) is 19.1 Å². The molecule has 0 amide bonds. The Kier molecular flexibility index (Phi) is 4.54. The fourth-order valence-corrected chi connectivity index (χ4v) is 3.85. The summed E-state index contributed by atoms with van der Waals surface area (Å²) in [7, 11) is 1.39. The zero-order valence-electron chi connectivity index (χ0n) is 13.6. The van der Waals surface area contributed by atoms with Gasteiger partial charge in [-0.15, -0.1) is 10.2 Å². The highest BCUT2D eigenvalue weighted by Gasteiger charge is 2.44. The topological polar surface area (TPSA) is 60.2 Å². The lowest BCUT2D eigenvalue weighted by Gasteiger charge is -2.39. The first-order chi connectivity index (χ1) is 11.4. The van der Waals surface area contributed by atoms with Gasteiger partial charge in [-0.3, -0.25) is 9.69 Å². The Morgan fingerprint density at radius 2 is 1.92 bits per heavy atom. The van der Waals surface area contributed by atoms with E-state index in [1.807, 2.05) is 4.90 Å². The first-order valence-electron chi connectivity index (χ1n) is 8.16. The summed E-state index contributed by atoms with van der Waals surface area (Å²) >= 11 is 0. The van der Waals surface area contributed by atoms with Crippen molar-refractivity contribution in [3.63, 3.8) is 0 Å². The van der Waals surface area contributed by atoms with Crippen LogP contribution < -0.4 is 0 Å². The van der Waals surface area contributed by atoms with Crippen LogP contribution in [0.25, 0.3) is 0 Å². The van der Waals surface area contributed by atoms with Gasteiger partial charge in [-0.2, -0.15) is 13.2 Å². The van der Waals surface area contributed by atoms with Gasteiger partial charge in [-0.25, -0.2) is 0 Å². The largest absolute Gasteiger partial charge is 0.469 e. The number of alkyl halides is 3. The average Bonchev–Trinajstić information content (AvgIpc) is 2.98. The second-order valence-electron chi connectivity index (χ2n) is 6.63. The molecule has 0 unspecified atom stereocenters. The SMILES string of the molecule is COC(=O)C1(CN2CCn3c(nnc3C(F)(F)F)C2)CCCCC1. The second-order valence-corrected chi connectivity index (χ2v) is 6.63. The Labute approximate surface area is 138 Å². The maximum absolute atomic E-state index is 12.9. The molecule has 2 heterocycles. The number of hydrogen-bond acceptors (Lipinski definition) is 5. The molecule has 1 aromatic rings. The zero-order valence-corrected chi connectivity index (χ0v) is 13.6. The van der Waals surface area contributed by atoms with Crippen molar-refractivity contribution in [2.75, 3.05) is 20.2 Å². The van der Waals surface area contributed by atoms with Gasteiger partial charge in [0, 0.05) is 19.6 Å². The van der Waals surface area contributed by atoms with E-state index in [4.69, 9.17) is 4.74 Å². The Balaban J connectivity index is 1.75. The van der Waals surface area contributed by atoms with Gasteiger partial charge in [0.2, 0.25) is 5.82 Å². The minimum atomic E-state index is -4.50. The zero-order chi connectivity index (χ0) is 17.4. The van der Waals surface area contributed by atoms with Crippen LogP contribution in [-0.4, -0.2) is 45.8 Å². The van der Waals surface area contributed by atoms with Crippen LogP contribution in [0, 0.1) is 5.41 Å². The second kappa shape index (κ2) is 6.34. The van der Waals surface area contributed by atoms with Crippen LogP contribution in [0.15, 0.2) is 0 Å². The van der Waals surface area contributed by atoms with Crippen molar-refractivity contribution in [3.05, 3.63) is 11.6 Å². The number of carbonyl (C=O) groups excluding carboxylic acids is 1. The summed E-state index contributed by atoms with van der Waals surface area (Å²) in [4.78, 5) is 14.3. The molecule has 1 aliphatic heterocycles. The lowest BCUT2D eigenvalue weighted by Crippen LogP contribution is -2.47. The Morgan fingerprint density at radius 1 is 1.21 bits per heavy atom. The molecule has 0 saturated heterocycles. The molecule has 0 bridgehead atoms. The van der Waals surface area contributed by atoms with E-state index in [0.29, 0.717) is 18.9 Å². The van der Waals surface area contributed by atoms with Crippen LogP contribution in [0.2, 0.25) is 0 Å². The molecule has 0 atom stereocenters. The van der Waals surface area contributed by atoms with Crippen molar-refractivity contribution in [1.29, 1.82) is 0 Å². The number of hydrogen-bond donors (Lipinski definition) is 0. The lowest BCUT2D eigenvalue weighted by molar-refractivity contribution is -0.156.